The van der Waals surface area contributed by atoms with E-state index in [-0.39, 0.29) is 17.7 Å². The van der Waals surface area contributed by atoms with Crippen molar-refractivity contribution in [2.24, 2.45) is 5.92 Å². The number of halogens is 1. The number of carboxylic acid groups (broad SMARTS) is 2. The summed E-state index contributed by atoms with van der Waals surface area (Å²) in [5.41, 5.74) is 3.74. The molecule has 1 aromatic carbocycles. The normalized spacial score (nSPS) is 17.6. The lowest BCUT2D eigenvalue weighted by molar-refractivity contribution is -0.159. The van der Waals surface area contributed by atoms with E-state index in [0.717, 1.165) is 79.5 Å². The SMILES string of the molecule is Cc1coc2c(C3CCN(CCC(C(=O)C4CCCCC4)c4ccccn4)CC3)cc(F)cc12.O=C(O)C(=O)O. The van der Waals surface area contributed by atoms with Crippen LogP contribution in [-0.2, 0) is 14.4 Å². The summed E-state index contributed by atoms with van der Waals surface area (Å²) in [6, 6.07) is 9.16. The van der Waals surface area contributed by atoms with Crippen LogP contribution in [0.4, 0.5) is 4.39 Å². The van der Waals surface area contributed by atoms with E-state index < -0.39 is 11.9 Å². The fourth-order valence-corrected chi connectivity index (χ4v) is 6.02. The van der Waals surface area contributed by atoms with Crippen LogP contribution in [0.3, 0.4) is 0 Å². The Labute approximate surface area is 233 Å². The molecule has 2 N–H and O–H groups in total. The number of benzene rings is 1. The zero-order valence-corrected chi connectivity index (χ0v) is 22.9. The van der Waals surface area contributed by atoms with Gasteiger partial charge in [-0.3, -0.25) is 9.78 Å². The Balaban J connectivity index is 0.000000557. The van der Waals surface area contributed by atoms with Crippen LogP contribution in [0.1, 0.15) is 80.0 Å². The molecule has 1 saturated carbocycles. The van der Waals surface area contributed by atoms with Gasteiger partial charge in [0.05, 0.1) is 17.9 Å². The molecule has 3 aromatic rings. The van der Waals surface area contributed by atoms with E-state index in [9.17, 15) is 9.18 Å². The number of hydrogen-bond donors (Lipinski definition) is 2. The van der Waals surface area contributed by atoms with Crippen LogP contribution in [0.2, 0.25) is 0 Å². The number of carbonyl (C=O) groups excluding carboxylic acids is 1. The Morgan fingerprint density at radius 1 is 1.05 bits per heavy atom. The monoisotopic (exact) mass is 552 g/mol. The van der Waals surface area contributed by atoms with Gasteiger partial charge >= 0.3 is 11.9 Å². The number of Topliss-reactive ketones (excluding diaryl/α,β-unsaturated/α-hetero) is 1. The molecule has 3 heterocycles. The quantitative estimate of drug-likeness (QED) is 0.346. The van der Waals surface area contributed by atoms with Crippen molar-refractivity contribution >= 4 is 28.7 Å². The number of aliphatic carboxylic acids is 2. The van der Waals surface area contributed by atoms with E-state index in [0.29, 0.717) is 11.7 Å². The maximum Gasteiger partial charge on any atom is 0.414 e. The average Bonchev–Trinajstić information content (AvgIpc) is 3.34. The number of ketones is 1. The van der Waals surface area contributed by atoms with Gasteiger partial charge in [0, 0.05) is 23.1 Å². The van der Waals surface area contributed by atoms with Crippen LogP contribution < -0.4 is 0 Å². The summed E-state index contributed by atoms with van der Waals surface area (Å²) in [4.78, 5) is 38.7. The summed E-state index contributed by atoms with van der Waals surface area (Å²) in [6.07, 6.45) is 11.9. The number of carbonyl (C=O) groups is 3. The highest BCUT2D eigenvalue weighted by Gasteiger charge is 2.31. The summed E-state index contributed by atoms with van der Waals surface area (Å²) in [5, 5.41) is 15.7. The molecular weight excluding hydrogens is 515 g/mol. The first kappa shape index (κ1) is 29.4. The van der Waals surface area contributed by atoms with Crippen LogP contribution >= 0.6 is 0 Å². The number of pyridine rings is 1. The van der Waals surface area contributed by atoms with Gasteiger partial charge in [-0.15, -0.1) is 0 Å². The topological polar surface area (TPSA) is 121 Å². The summed E-state index contributed by atoms with van der Waals surface area (Å²) in [7, 11) is 0. The minimum absolute atomic E-state index is 0.115. The maximum atomic E-state index is 14.3. The lowest BCUT2D eigenvalue weighted by Gasteiger charge is -2.33. The fraction of sp³-hybridized carbons (Fsp3) is 0.484. The summed E-state index contributed by atoms with van der Waals surface area (Å²) < 4.78 is 20.1. The first-order chi connectivity index (χ1) is 19.2. The molecular formula is C31H37FN2O6. The maximum absolute atomic E-state index is 14.3. The molecule has 5 rings (SSSR count). The summed E-state index contributed by atoms with van der Waals surface area (Å²) >= 11 is 0. The predicted molar refractivity (Wildman–Crippen MR) is 148 cm³/mol. The third-order valence-corrected chi connectivity index (χ3v) is 8.20. The van der Waals surface area contributed by atoms with Gasteiger partial charge in [0.2, 0.25) is 0 Å². The number of likely N-dealkylation sites (tertiary alicyclic amines) is 1. The van der Waals surface area contributed by atoms with E-state index in [4.69, 9.17) is 24.2 Å². The van der Waals surface area contributed by atoms with Gasteiger partial charge in [0.25, 0.3) is 0 Å². The van der Waals surface area contributed by atoms with Gasteiger partial charge in [-0.1, -0.05) is 25.3 Å². The number of rotatable bonds is 7. The van der Waals surface area contributed by atoms with E-state index in [1.54, 1.807) is 24.6 Å². The minimum atomic E-state index is -1.82. The molecule has 1 saturated heterocycles. The lowest BCUT2D eigenvalue weighted by atomic mass is 9.79. The van der Waals surface area contributed by atoms with E-state index in [2.05, 4.69) is 9.88 Å². The Morgan fingerprint density at radius 3 is 2.38 bits per heavy atom. The van der Waals surface area contributed by atoms with Crippen molar-refractivity contribution in [2.45, 2.75) is 70.1 Å². The van der Waals surface area contributed by atoms with E-state index in [1.807, 2.05) is 25.1 Å². The predicted octanol–water partition coefficient (Wildman–Crippen LogP) is 5.93. The number of carboxylic acids is 2. The zero-order valence-electron chi connectivity index (χ0n) is 22.9. The molecule has 1 aliphatic heterocycles. The number of piperidine rings is 1. The molecule has 2 fully saturated rings. The van der Waals surface area contributed by atoms with Gasteiger partial charge in [-0.05, 0) is 94.4 Å². The van der Waals surface area contributed by atoms with Crippen molar-refractivity contribution in [1.82, 2.24) is 9.88 Å². The van der Waals surface area contributed by atoms with Crippen LogP contribution in [0.5, 0.6) is 0 Å². The van der Waals surface area contributed by atoms with E-state index in [1.165, 1.54) is 19.3 Å². The Bertz CT molecular complexity index is 1300. The Kier molecular flexibility index (Phi) is 10.0. The summed E-state index contributed by atoms with van der Waals surface area (Å²) in [5.74, 6) is -3.06. The minimum Gasteiger partial charge on any atom is -0.473 e. The van der Waals surface area contributed by atoms with Crippen molar-refractivity contribution < 1.29 is 33.4 Å². The molecule has 1 unspecified atom stereocenters. The second kappa shape index (κ2) is 13.7. The molecule has 9 heteroatoms. The first-order valence-electron chi connectivity index (χ1n) is 14.0. The lowest BCUT2D eigenvalue weighted by Crippen LogP contribution is -2.35. The van der Waals surface area contributed by atoms with Crippen LogP contribution in [0.25, 0.3) is 11.0 Å². The molecule has 0 bridgehead atoms. The number of nitrogens with zero attached hydrogens (tertiary/aromatic N) is 2. The number of fused-ring (bicyclic) bond motifs is 1. The van der Waals surface area contributed by atoms with Crippen molar-refractivity contribution in [1.29, 1.82) is 0 Å². The molecule has 214 valence electrons. The van der Waals surface area contributed by atoms with Crippen molar-refractivity contribution in [3.63, 3.8) is 0 Å². The highest BCUT2D eigenvalue weighted by molar-refractivity contribution is 6.27. The Hall–Kier alpha value is -3.59. The number of furan rings is 1. The van der Waals surface area contributed by atoms with Crippen molar-refractivity contribution in [3.05, 3.63) is 65.4 Å². The van der Waals surface area contributed by atoms with E-state index >= 15 is 0 Å². The molecule has 8 nitrogen and oxygen atoms in total. The van der Waals surface area contributed by atoms with Crippen LogP contribution in [-0.4, -0.2) is 57.5 Å². The molecule has 0 spiro atoms. The van der Waals surface area contributed by atoms with Gasteiger partial charge in [-0.25, -0.2) is 14.0 Å². The second-order valence-corrected chi connectivity index (χ2v) is 10.8. The third kappa shape index (κ3) is 7.33. The highest BCUT2D eigenvalue weighted by Crippen LogP contribution is 2.36. The average molecular weight is 553 g/mol. The molecule has 0 radical (unpaired) electrons. The standard InChI is InChI=1S/C29H35FN2O2.C2H2O4/c1-20-19-34-29-25(20)17-23(30)18-26(29)21-10-14-32(15-11-21)16-12-24(27-9-5-6-13-31-27)28(33)22-7-3-2-4-8-22;3-1(4)2(5)6/h5-6,9,13,17-19,21-22,24H,2-4,7-8,10-12,14-16H2,1H3;(H,3,4)(H,5,6). The highest BCUT2D eigenvalue weighted by atomic mass is 19.1. The Morgan fingerprint density at radius 2 is 1.75 bits per heavy atom. The molecule has 1 aliphatic carbocycles. The smallest absolute Gasteiger partial charge is 0.414 e. The van der Waals surface area contributed by atoms with Crippen LogP contribution in [0, 0.1) is 18.7 Å². The largest absolute Gasteiger partial charge is 0.473 e. The van der Waals surface area contributed by atoms with Gasteiger partial charge < -0.3 is 19.5 Å². The molecule has 1 atom stereocenters. The molecule has 2 aromatic heterocycles. The van der Waals surface area contributed by atoms with Gasteiger partial charge in [-0.2, -0.15) is 0 Å². The number of hydrogen-bond acceptors (Lipinski definition) is 6. The number of aromatic nitrogens is 1. The number of aryl methyl sites for hydroxylation is 1. The zero-order chi connectivity index (χ0) is 28.6. The second-order valence-electron chi connectivity index (χ2n) is 10.8. The van der Waals surface area contributed by atoms with Crippen molar-refractivity contribution in [3.8, 4) is 0 Å². The van der Waals surface area contributed by atoms with Crippen molar-refractivity contribution in [2.75, 3.05) is 19.6 Å². The molecule has 0 amide bonds. The molecule has 2 aliphatic rings. The first-order valence-corrected chi connectivity index (χ1v) is 14.0. The molecule has 40 heavy (non-hydrogen) atoms. The van der Waals surface area contributed by atoms with Gasteiger partial charge in [0.1, 0.15) is 17.2 Å². The fourth-order valence-electron chi connectivity index (χ4n) is 6.02. The van der Waals surface area contributed by atoms with Gasteiger partial charge in [0.15, 0.2) is 0 Å². The third-order valence-electron chi connectivity index (χ3n) is 8.20. The van der Waals surface area contributed by atoms with Crippen LogP contribution in [0.15, 0.2) is 47.2 Å². The summed E-state index contributed by atoms with van der Waals surface area (Å²) in [6.45, 7) is 4.76.